The summed E-state index contributed by atoms with van der Waals surface area (Å²) in [4.78, 5) is 14.8. The van der Waals surface area contributed by atoms with Crippen LogP contribution >= 0.6 is 0 Å². The topological polar surface area (TPSA) is 83.7 Å². The quantitative estimate of drug-likeness (QED) is 0.820. The summed E-state index contributed by atoms with van der Waals surface area (Å²) in [5, 5.41) is 0. The Kier molecular flexibility index (Phi) is 5.14. The van der Waals surface area contributed by atoms with Gasteiger partial charge in [0.1, 0.15) is 5.75 Å². The van der Waals surface area contributed by atoms with Crippen molar-refractivity contribution in [2.24, 2.45) is 5.73 Å². The average Bonchev–Trinajstić information content (AvgIpc) is 2.38. The summed E-state index contributed by atoms with van der Waals surface area (Å²) in [7, 11) is 2.35. The first-order chi connectivity index (χ1) is 9.32. The van der Waals surface area contributed by atoms with E-state index in [-0.39, 0.29) is 17.9 Å². The van der Waals surface area contributed by atoms with Crippen molar-refractivity contribution in [1.82, 2.24) is 4.98 Å². The minimum Gasteiger partial charge on any atom is -0.496 e. The number of carbonyl (C=O) groups is 1. The van der Waals surface area contributed by atoms with Crippen LogP contribution in [0.25, 0.3) is 0 Å². The first-order valence-electron chi connectivity index (χ1n) is 5.39. The molecule has 0 atom stereocenters. The monoisotopic (exact) mass is 294 g/mol. The molecule has 0 radical (unpaired) electrons. The van der Waals surface area contributed by atoms with E-state index in [2.05, 4.69) is 14.5 Å². The third-order valence-electron chi connectivity index (χ3n) is 2.35. The second-order valence-corrected chi connectivity index (χ2v) is 3.61. The van der Waals surface area contributed by atoms with Crippen LogP contribution in [0.4, 0.5) is 13.2 Å². The molecule has 0 spiro atoms. The molecule has 112 valence electrons. The van der Waals surface area contributed by atoms with Gasteiger partial charge in [0.25, 0.3) is 0 Å². The predicted molar refractivity (Wildman–Crippen MR) is 61.1 cm³/mol. The zero-order valence-corrected chi connectivity index (χ0v) is 10.8. The summed E-state index contributed by atoms with van der Waals surface area (Å²) >= 11 is 0. The van der Waals surface area contributed by atoms with Gasteiger partial charge in [0, 0.05) is 18.3 Å². The summed E-state index contributed by atoms with van der Waals surface area (Å²) in [6.07, 6.45) is -4.32. The molecule has 0 aliphatic heterocycles. The third-order valence-corrected chi connectivity index (χ3v) is 2.35. The first kappa shape index (κ1) is 16.0. The highest BCUT2D eigenvalue weighted by Crippen LogP contribution is 2.33. The van der Waals surface area contributed by atoms with E-state index in [0.717, 1.165) is 13.3 Å². The number of methoxy groups -OCH3 is 2. The van der Waals surface area contributed by atoms with Gasteiger partial charge in [-0.2, -0.15) is 0 Å². The number of nitrogens with two attached hydrogens (primary N) is 1. The van der Waals surface area contributed by atoms with E-state index >= 15 is 0 Å². The van der Waals surface area contributed by atoms with E-state index in [4.69, 9.17) is 10.5 Å². The SMILES string of the molecule is COC(=O)Cc1c(OC(F)(F)F)ncc(CN)c1OC. The molecule has 0 saturated carbocycles. The Morgan fingerprint density at radius 3 is 2.50 bits per heavy atom. The van der Waals surface area contributed by atoms with Gasteiger partial charge in [0.15, 0.2) is 0 Å². The maximum Gasteiger partial charge on any atom is 0.574 e. The molecule has 0 aromatic carbocycles. The second-order valence-electron chi connectivity index (χ2n) is 3.61. The minimum absolute atomic E-state index is 0.0172. The molecule has 1 aromatic rings. The maximum absolute atomic E-state index is 12.3. The fourth-order valence-corrected chi connectivity index (χ4v) is 1.53. The first-order valence-corrected chi connectivity index (χ1v) is 5.39. The van der Waals surface area contributed by atoms with E-state index in [9.17, 15) is 18.0 Å². The van der Waals surface area contributed by atoms with Gasteiger partial charge in [-0.15, -0.1) is 13.2 Å². The van der Waals surface area contributed by atoms with Crippen LogP contribution in [0.5, 0.6) is 11.6 Å². The fraction of sp³-hybridized carbons (Fsp3) is 0.455. The molecule has 2 N–H and O–H groups in total. The lowest BCUT2D eigenvalue weighted by Gasteiger charge is -2.16. The zero-order chi connectivity index (χ0) is 15.3. The summed E-state index contributed by atoms with van der Waals surface area (Å²) < 4.78 is 50.1. The maximum atomic E-state index is 12.3. The van der Waals surface area contributed by atoms with Gasteiger partial charge in [-0.3, -0.25) is 4.79 Å². The van der Waals surface area contributed by atoms with Crippen molar-refractivity contribution in [3.05, 3.63) is 17.3 Å². The number of hydrogen-bond donors (Lipinski definition) is 1. The molecule has 0 aliphatic carbocycles. The van der Waals surface area contributed by atoms with Crippen molar-refractivity contribution >= 4 is 5.97 Å². The Balaban J connectivity index is 3.31. The molecule has 9 heteroatoms. The van der Waals surface area contributed by atoms with Gasteiger partial charge in [0.2, 0.25) is 5.88 Å². The molecule has 0 amide bonds. The molecule has 6 nitrogen and oxygen atoms in total. The van der Waals surface area contributed by atoms with Crippen molar-refractivity contribution < 1.29 is 32.2 Å². The van der Waals surface area contributed by atoms with Crippen LogP contribution in [0.2, 0.25) is 0 Å². The Hall–Kier alpha value is -2.03. The van der Waals surface area contributed by atoms with Crippen molar-refractivity contribution in [3.63, 3.8) is 0 Å². The molecule has 1 rings (SSSR count). The molecule has 0 aliphatic rings. The number of nitrogens with zero attached hydrogens (tertiary/aromatic N) is 1. The van der Waals surface area contributed by atoms with Crippen LogP contribution in [0.3, 0.4) is 0 Å². The Bertz CT molecular complexity index is 491. The van der Waals surface area contributed by atoms with Crippen LogP contribution < -0.4 is 15.2 Å². The van der Waals surface area contributed by atoms with Gasteiger partial charge in [-0.1, -0.05) is 0 Å². The highest BCUT2D eigenvalue weighted by Gasteiger charge is 2.34. The van der Waals surface area contributed by atoms with Crippen LogP contribution in [0.15, 0.2) is 6.20 Å². The van der Waals surface area contributed by atoms with Crippen molar-refractivity contribution in [3.8, 4) is 11.6 Å². The van der Waals surface area contributed by atoms with Crippen LogP contribution in [-0.2, 0) is 22.5 Å². The summed E-state index contributed by atoms with van der Waals surface area (Å²) in [5.74, 6) is -1.50. The smallest absolute Gasteiger partial charge is 0.496 e. The molecule has 20 heavy (non-hydrogen) atoms. The minimum atomic E-state index is -4.94. The van der Waals surface area contributed by atoms with Gasteiger partial charge in [0.05, 0.1) is 26.2 Å². The average molecular weight is 294 g/mol. The van der Waals surface area contributed by atoms with Crippen molar-refractivity contribution in [2.45, 2.75) is 19.3 Å². The molecular weight excluding hydrogens is 281 g/mol. The molecular formula is C11H13F3N2O4. The third kappa shape index (κ3) is 3.98. The van der Waals surface area contributed by atoms with Gasteiger partial charge in [-0.05, 0) is 0 Å². The number of esters is 1. The lowest BCUT2D eigenvalue weighted by atomic mass is 10.1. The summed E-state index contributed by atoms with van der Waals surface area (Å²) in [6.45, 7) is -0.0172. The second kappa shape index (κ2) is 6.42. The molecule has 0 fully saturated rings. The van der Waals surface area contributed by atoms with E-state index in [1.54, 1.807) is 0 Å². The van der Waals surface area contributed by atoms with Crippen LogP contribution in [0, 0.1) is 0 Å². The normalized spacial score (nSPS) is 11.1. The van der Waals surface area contributed by atoms with E-state index in [1.165, 1.54) is 7.11 Å². The molecule has 1 heterocycles. The Labute approximate surface area is 112 Å². The Morgan fingerprint density at radius 1 is 1.40 bits per heavy atom. The highest BCUT2D eigenvalue weighted by atomic mass is 19.4. The van der Waals surface area contributed by atoms with Crippen LogP contribution in [0.1, 0.15) is 11.1 Å². The largest absolute Gasteiger partial charge is 0.574 e. The van der Waals surface area contributed by atoms with E-state index < -0.39 is 24.6 Å². The molecule has 0 saturated heterocycles. The van der Waals surface area contributed by atoms with Gasteiger partial charge in [-0.25, -0.2) is 4.98 Å². The lowest BCUT2D eigenvalue weighted by Crippen LogP contribution is -2.21. The molecule has 0 unspecified atom stereocenters. The highest BCUT2D eigenvalue weighted by molar-refractivity contribution is 5.74. The zero-order valence-electron chi connectivity index (χ0n) is 10.8. The fourth-order valence-electron chi connectivity index (χ4n) is 1.53. The number of hydrogen-bond acceptors (Lipinski definition) is 6. The number of aromatic nitrogens is 1. The number of rotatable bonds is 5. The number of halogens is 3. The van der Waals surface area contributed by atoms with Crippen LogP contribution in [-0.4, -0.2) is 31.5 Å². The van der Waals surface area contributed by atoms with Gasteiger partial charge < -0.3 is 19.9 Å². The molecule has 0 bridgehead atoms. The molecule has 1 aromatic heterocycles. The standard InChI is InChI=1S/C11H13F3N2O4/c1-18-8(17)3-7-9(19-2)6(4-15)5-16-10(7)20-11(12,13)14/h5H,3-4,15H2,1-2H3. The predicted octanol–water partition coefficient (Wildman–Crippen LogP) is 1.16. The van der Waals surface area contributed by atoms with E-state index in [0.29, 0.717) is 5.56 Å². The summed E-state index contributed by atoms with van der Waals surface area (Å²) in [5.41, 5.74) is 5.62. The van der Waals surface area contributed by atoms with Crippen molar-refractivity contribution in [2.75, 3.05) is 14.2 Å². The van der Waals surface area contributed by atoms with Gasteiger partial charge >= 0.3 is 12.3 Å². The Morgan fingerprint density at radius 2 is 2.05 bits per heavy atom. The number of pyridine rings is 1. The van der Waals surface area contributed by atoms with E-state index in [1.807, 2.05) is 0 Å². The number of alkyl halides is 3. The number of ether oxygens (including phenoxy) is 3. The lowest BCUT2D eigenvalue weighted by molar-refractivity contribution is -0.276. The summed E-state index contributed by atoms with van der Waals surface area (Å²) in [6, 6.07) is 0. The number of carbonyl (C=O) groups excluding carboxylic acids is 1. The van der Waals surface area contributed by atoms with Crippen molar-refractivity contribution in [1.29, 1.82) is 0 Å².